The molecule has 0 unspecified atom stereocenters. The lowest BCUT2D eigenvalue weighted by Gasteiger charge is -2.07. The van der Waals surface area contributed by atoms with Gasteiger partial charge in [-0.05, 0) is 36.8 Å². The maximum absolute atomic E-state index is 12.5. The predicted octanol–water partition coefficient (Wildman–Crippen LogP) is 0.494. The van der Waals surface area contributed by atoms with Crippen molar-refractivity contribution in [1.82, 2.24) is 19.9 Å². The molecule has 2 heterocycles. The summed E-state index contributed by atoms with van der Waals surface area (Å²) < 4.78 is 10.5. The van der Waals surface area contributed by atoms with E-state index >= 15 is 0 Å². The van der Waals surface area contributed by atoms with Crippen molar-refractivity contribution < 1.29 is 9.47 Å². The molecule has 3 N–H and O–H groups in total. The van der Waals surface area contributed by atoms with Gasteiger partial charge >= 0.3 is 0 Å². The summed E-state index contributed by atoms with van der Waals surface area (Å²) in [4.78, 5) is 37.2. The summed E-state index contributed by atoms with van der Waals surface area (Å²) in [6.45, 7) is 5.67. The number of benzene rings is 1. The summed E-state index contributed by atoms with van der Waals surface area (Å²) in [7, 11) is 3.06. The molecule has 28 heavy (non-hydrogen) atoms. The summed E-state index contributed by atoms with van der Waals surface area (Å²) in [5, 5.41) is 0.200. The third-order valence-electron chi connectivity index (χ3n) is 4.10. The second-order valence-electron chi connectivity index (χ2n) is 6.08. The number of hydrogen-bond acceptors (Lipinski definition) is 5. The van der Waals surface area contributed by atoms with Crippen LogP contribution in [0.3, 0.4) is 0 Å². The van der Waals surface area contributed by atoms with Crippen LogP contribution in [-0.4, -0.2) is 34.2 Å². The zero-order valence-electron chi connectivity index (χ0n) is 15.8. The zero-order chi connectivity index (χ0) is 20.3. The van der Waals surface area contributed by atoms with Crippen LogP contribution >= 0.6 is 0 Å². The first-order valence-electron chi connectivity index (χ1n) is 8.40. The highest BCUT2D eigenvalue weighted by atomic mass is 16.5. The van der Waals surface area contributed by atoms with Crippen LogP contribution in [0.15, 0.2) is 40.7 Å². The first kappa shape index (κ1) is 19.0. The van der Waals surface area contributed by atoms with E-state index in [1.54, 1.807) is 25.3 Å². The maximum atomic E-state index is 12.5. The largest absolute Gasteiger partial charge is 0.497 e. The van der Waals surface area contributed by atoms with Gasteiger partial charge in [0.1, 0.15) is 22.2 Å². The van der Waals surface area contributed by atoms with Gasteiger partial charge in [-0.1, -0.05) is 6.58 Å². The monoisotopic (exact) mass is 380 g/mol. The first-order chi connectivity index (χ1) is 13.4. The van der Waals surface area contributed by atoms with E-state index in [0.29, 0.717) is 28.5 Å². The van der Waals surface area contributed by atoms with Gasteiger partial charge in [-0.3, -0.25) is 9.59 Å². The molecule has 0 radical (unpaired) electrons. The fourth-order valence-corrected chi connectivity index (χ4v) is 2.68. The van der Waals surface area contributed by atoms with E-state index < -0.39 is 11.1 Å². The van der Waals surface area contributed by atoms with Crippen LogP contribution < -0.4 is 31.3 Å². The number of aromatic nitrogens is 4. The molecule has 0 bridgehead atoms. The molecule has 0 aliphatic rings. The molecule has 2 aromatic heterocycles. The van der Waals surface area contributed by atoms with Gasteiger partial charge in [-0.15, -0.1) is 0 Å². The molecule has 0 saturated carbocycles. The minimum atomic E-state index is -0.450. The summed E-state index contributed by atoms with van der Waals surface area (Å²) >= 11 is 0. The molecule has 8 heteroatoms. The first-order valence-corrected chi connectivity index (χ1v) is 8.40. The van der Waals surface area contributed by atoms with Gasteiger partial charge < -0.3 is 24.4 Å². The van der Waals surface area contributed by atoms with E-state index in [2.05, 4.69) is 26.5 Å². The lowest BCUT2D eigenvalue weighted by Crippen LogP contribution is -2.46. The van der Waals surface area contributed by atoms with Crippen molar-refractivity contribution in [1.29, 1.82) is 0 Å². The van der Waals surface area contributed by atoms with Crippen LogP contribution in [0.25, 0.3) is 17.7 Å². The highest BCUT2D eigenvalue weighted by Crippen LogP contribution is 2.24. The number of H-pyrrole nitrogens is 3. The van der Waals surface area contributed by atoms with E-state index in [1.807, 2.05) is 6.92 Å². The average molecular weight is 380 g/mol. The molecule has 0 fully saturated rings. The molecule has 0 saturated heterocycles. The van der Waals surface area contributed by atoms with Gasteiger partial charge in [-0.25, -0.2) is 4.98 Å². The number of nitrogens with one attached hydrogen (secondary N) is 3. The Bertz CT molecular complexity index is 1260. The fourth-order valence-electron chi connectivity index (χ4n) is 2.68. The SMILES string of the molecule is C=C(C)c1[nH]cnc1/C=c1\[nH]c(=O)/c(=C/c2ccc(OC)cc2OC)[nH]c1=O. The topological polar surface area (TPSA) is 113 Å². The van der Waals surface area contributed by atoms with E-state index in [1.165, 1.54) is 25.6 Å². The van der Waals surface area contributed by atoms with Crippen molar-refractivity contribution in [2.45, 2.75) is 6.92 Å². The van der Waals surface area contributed by atoms with E-state index in [0.717, 1.165) is 5.57 Å². The Morgan fingerprint density at radius 2 is 1.75 bits per heavy atom. The number of aromatic amines is 3. The molecule has 0 spiro atoms. The van der Waals surface area contributed by atoms with Crippen LogP contribution in [0.4, 0.5) is 0 Å². The minimum absolute atomic E-state index is 0.0958. The predicted molar refractivity (Wildman–Crippen MR) is 107 cm³/mol. The second kappa shape index (κ2) is 7.83. The number of nitrogens with zero attached hydrogens (tertiary/aromatic N) is 1. The van der Waals surface area contributed by atoms with Crippen LogP contribution in [0, 0.1) is 0 Å². The summed E-state index contributed by atoms with van der Waals surface area (Å²) in [5.74, 6) is 1.13. The number of rotatable bonds is 5. The highest BCUT2D eigenvalue weighted by Gasteiger charge is 2.06. The molecule has 1 aromatic carbocycles. The number of allylic oxidation sites excluding steroid dienone is 1. The van der Waals surface area contributed by atoms with Crippen LogP contribution in [-0.2, 0) is 0 Å². The normalized spacial score (nSPS) is 12.2. The Morgan fingerprint density at radius 3 is 2.36 bits per heavy atom. The summed E-state index contributed by atoms with van der Waals surface area (Å²) in [6.07, 6.45) is 4.54. The van der Waals surface area contributed by atoms with Crippen molar-refractivity contribution >= 4 is 17.7 Å². The van der Waals surface area contributed by atoms with Gasteiger partial charge in [-0.2, -0.15) is 0 Å². The highest BCUT2D eigenvalue weighted by molar-refractivity contribution is 5.66. The molecule has 8 nitrogen and oxygen atoms in total. The van der Waals surface area contributed by atoms with Gasteiger partial charge in [0.2, 0.25) is 0 Å². The smallest absolute Gasteiger partial charge is 0.272 e. The Hall–Kier alpha value is -3.81. The van der Waals surface area contributed by atoms with Gasteiger partial charge in [0.05, 0.1) is 31.9 Å². The molecule has 3 aromatic rings. The Labute approximate surface area is 159 Å². The molecule has 0 aliphatic carbocycles. The number of hydrogen-bond donors (Lipinski definition) is 3. The quantitative estimate of drug-likeness (QED) is 0.596. The molecular weight excluding hydrogens is 360 g/mol. The standard InChI is InChI=1S/C20H20N4O4/c1-11(2)18-14(21-10-22-18)9-16-20(26)23-15(19(25)24-16)7-12-5-6-13(27-3)8-17(12)28-4/h5-10H,1H2,2-4H3,(H,21,22)(H,23,26)(H,24,25)/b15-7-,16-9-. The maximum Gasteiger partial charge on any atom is 0.272 e. The van der Waals surface area contributed by atoms with E-state index in [-0.39, 0.29) is 10.7 Å². The minimum Gasteiger partial charge on any atom is -0.497 e. The Morgan fingerprint density at radius 1 is 1.07 bits per heavy atom. The number of imidazole rings is 1. The molecule has 0 atom stereocenters. The molecule has 3 rings (SSSR count). The van der Waals surface area contributed by atoms with Crippen molar-refractivity contribution in [2.75, 3.05) is 14.2 Å². The summed E-state index contributed by atoms with van der Waals surface area (Å²) in [5.41, 5.74) is 1.70. The Kier molecular flexibility index (Phi) is 5.30. The van der Waals surface area contributed by atoms with Crippen molar-refractivity contribution in [3.05, 3.63) is 79.5 Å². The van der Waals surface area contributed by atoms with E-state index in [9.17, 15) is 9.59 Å². The zero-order valence-corrected chi connectivity index (χ0v) is 15.8. The Balaban J connectivity index is 2.13. The van der Waals surface area contributed by atoms with Gasteiger partial charge in [0.15, 0.2) is 0 Å². The fraction of sp³-hybridized carbons (Fsp3) is 0.150. The van der Waals surface area contributed by atoms with Crippen LogP contribution in [0.1, 0.15) is 23.9 Å². The van der Waals surface area contributed by atoms with Crippen molar-refractivity contribution in [3.63, 3.8) is 0 Å². The van der Waals surface area contributed by atoms with Gasteiger partial charge in [0, 0.05) is 11.6 Å². The molecule has 0 aliphatic heterocycles. The van der Waals surface area contributed by atoms with Crippen molar-refractivity contribution in [2.24, 2.45) is 0 Å². The number of ether oxygens (including phenoxy) is 2. The van der Waals surface area contributed by atoms with Crippen LogP contribution in [0.2, 0.25) is 0 Å². The third-order valence-corrected chi connectivity index (χ3v) is 4.10. The summed E-state index contributed by atoms with van der Waals surface area (Å²) in [6, 6.07) is 5.16. The molecule has 144 valence electrons. The lowest BCUT2D eigenvalue weighted by molar-refractivity contribution is 0.393. The van der Waals surface area contributed by atoms with E-state index in [4.69, 9.17) is 9.47 Å². The van der Waals surface area contributed by atoms with Crippen LogP contribution in [0.5, 0.6) is 11.5 Å². The third kappa shape index (κ3) is 3.80. The van der Waals surface area contributed by atoms with Crippen molar-refractivity contribution in [3.8, 4) is 11.5 Å². The average Bonchev–Trinajstić information content (AvgIpc) is 3.14. The second-order valence-corrected chi connectivity index (χ2v) is 6.08. The molecular formula is C20H20N4O4. The molecule has 0 amide bonds. The lowest BCUT2D eigenvalue weighted by atomic mass is 10.1. The van der Waals surface area contributed by atoms with Gasteiger partial charge in [0.25, 0.3) is 11.1 Å². The number of methoxy groups -OCH3 is 2.